The van der Waals surface area contributed by atoms with Crippen LogP contribution in [-0.4, -0.2) is 39.8 Å². The van der Waals surface area contributed by atoms with Gasteiger partial charge < -0.3 is 14.4 Å². The molecular weight excluding hydrogens is 457 g/mol. The van der Waals surface area contributed by atoms with E-state index in [1.165, 1.54) is 24.3 Å². The van der Waals surface area contributed by atoms with Crippen molar-refractivity contribution in [2.45, 2.75) is 32.4 Å². The molecule has 0 bridgehead atoms. The molecular formula is C29H28FN3O3. The second-order valence-electron chi connectivity index (χ2n) is 8.86. The maximum Gasteiger partial charge on any atom is 0.254 e. The molecule has 2 heterocycles. The quantitative estimate of drug-likeness (QED) is 0.310. The fourth-order valence-electron chi connectivity index (χ4n) is 4.39. The van der Waals surface area contributed by atoms with Crippen LogP contribution in [0.15, 0.2) is 84.9 Å². The topological polar surface area (TPSA) is 56.6 Å². The first kappa shape index (κ1) is 23.8. The van der Waals surface area contributed by atoms with Crippen molar-refractivity contribution in [3.63, 3.8) is 0 Å². The predicted octanol–water partition coefficient (Wildman–Crippen LogP) is 5.93. The van der Waals surface area contributed by atoms with E-state index in [2.05, 4.69) is 0 Å². The highest BCUT2D eigenvalue weighted by atomic mass is 19.1. The molecule has 0 spiro atoms. The highest BCUT2D eigenvalue weighted by molar-refractivity contribution is 5.94. The molecule has 0 aliphatic carbocycles. The summed E-state index contributed by atoms with van der Waals surface area (Å²) in [5.74, 6) is 0.652. The number of ether oxygens (including phenoxy) is 2. The molecule has 4 aromatic rings. The molecule has 0 saturated carbocycles. The molecule has 1 atom stereocenters. The zero-order valence-electron chi connectivity index (χ0n) is 20.1. The lowest BCUT2D eigenvalue weighted by atomic mass is 10.1. The van der Waals surface area contributed by atoms with E-state index < -0.39 is 0 Å². The van der Waals surface area contributed by atoms with Gasteiger partial charge >= 0.3 is 0 Å². The minimum atomic E-state index is -0.379. The van der Waals surface area contributed by atoms with Gasteiger partial charge in [0.15, 0.2) is 0 Å². The highest BCUT2D eigenvalue weighted by Gasteiger charge is 2.28. The van der Waals surface area contributed by atoms with Crippen molar-refractivity contribution in [3.8, 4) is 17.3 Å². The van der Waals surface area contributed by atoms with Crippen LogP contribution in [0.1, 0.15) is 34.5 Å². The van der Waals surface area contributed by atoms with Gasteiger partial charge in [-0.25, -0.2) is 9.07 Å². The Kier molecular flexibility index (Phi) is 7.09. The van der Waals surface area contributed by atoms with Gasteiger partial charge in [-0.2, -0.15) is 5.10 Å². The number of aryl methyl sites for hydroxylation is 1. The van der Waals surface area contributed by atoms with Crippen LogP contribution >= 0.6 is 0 Å². The molecule has 6 nitrogen and oxygen atoms in total. The summed E-state index contributed by atoms with van der Waals surface area (Å²) in [6.07, 6.45) is 1.82. The predicted molar refractivity (Wildman–Crippen MR) is 135 cm³/mol. The lowest BCUT2D eigenvalue weighted by Gasteiger charge is -2.26. The maximum absolute atomic E-state index is 13.6. The van der Waals surface area contributed by atoms with E-state index in [1.807, 2.05) is 67.6 Å². The SMILES string of the molecule is Cc1nn(-c2ccccc2)c(Oc2ccccc2)c1CN(C[C@H]1CCCO1)C(=O)c1ccc(F)cc1. The van der Waals surface area contributed by atoms with E-state index in [0.717, 1.165) is 29.8 Å². The molecule has 5 rings (SSSR count). The molecule has 1 aliphatic rings. The van der Waals surface area contributed by atoms with Gasteiger partial charge in [0.2, 0.25) is 5.88 Å². The van der Waals surface area contributed by atoms with Gasteiger partial charge in [-0.15, -0.1) is 0 Å². The smallest absolute Gasteiger partial charge is 0.254 e. The lowest BCUT2D eigenvalue weighted by molar-refractivity contribution is 0.0505. The third kappa shape index (κ3) is 5.31. The molecule has 0 radical (unpaired) electrons. The molecule has 7 heteroatoms. The Hall–Kier alpha value is -3.97. The van der Waals surface area contributed by atoms with Gasteiger partial charge in [0, 0.05) is 18.7 Å². The first-order valence-corrected chi connectivity index (χ1v) is 12.1. The Morgan fingerprint density at radius 2 is 1.75 bits per heavy atom. The van der Waals surface area contributed by atoms with E-state index in [4.69, 9.17) is 14.6 Å². The summed E-state index contributed by atoms with van der Waals surface area (Å²) < 4.78 is 27.5. The monoisotopic (exact) mass is 485 g/mol. The van der Waals surface area contributed by atoms with Crippen LogP contribution in [0.25, 0.3) is 5.69 Å². The molecule has 36 heavy (non-hydrogen) atoms. The number of amides is 1. The lowest BCUT2D eigenvalue weighted by Crippen LogP contribution is -2.37. The standard InChI is InChI=1S/C29H28FN3O3/c1-21-27(20-32(19-26-13-8-18-35-26)28(34)22-14-16-23(30)17-15-22)29(36-25-11-6-3-7-12-25)33(31-21)24-9-4-2-5-10-24/h2-7,9-12,14-17,26H,8,13,18-20H2,1H3/t26-/m1/s1. The summed E-state index contributed by atoms with van der Waals surface area (Å²) in [4.78, 5) is 15.3. The summed E-state index contributed by atoms with van der Waals surface area (Å²) in [5, 5.41) is 4.78. The molecule has 0 N–H and O–H groups in total. The summed E-state index contributed by atoms with van der Waals surface area (Å²) in [6.45, 7) is 3.31. The van der Waals surface area contributed by atoms with Crippen molar-refractivity contribution in [2.24, 2.45) is 0 Å². The number of carbonyl (C=O) groups excluding carboxylic acids is 1. The molecule has 1 aliphatic heterocycles. The minimum Gasteiger partial charge on any atom is -0.439 e. The fourth-order valence-corrected chi connectivity index (χ4v) is 4.39. The van der Waals surface area contributed by atoms with Crippen molar-refractivity contribution in [1.29, 1.82) is 0 Å². The van der Waals surface area contributed by atoms with Crippen LogP contribution in [-0.2, 0) is 11.3 Å². The zero-order valence-corrected chi connectivity index (χ0v) is 20.1. The van der Waals surface area contributed by atoms with Gasteiger partial charge in [0.1, 0.15) is 11.6 Å². The molecule has 3 aromatic carbocycles. The average Bonchev–Trinajstić information content (AvgIpc) is 3.53. The van der Waals surface area contributed by atoms with Crippen molar-refractivity contribution in [1.82, 2.24) is 14.7 Å². The fraction of sp³-hybridized carbons (Fsp3) is 0.241. The van der Waals surface area contributed by atoms with Crippen molar-refractivity contribution >= 4 is 5.91 Å². The highest BCUT2D eigenvalue weighted by Crippen LogP contribution is 2.32. The van der Waals surface area contributed by atoms with Gasteiger partial charge in [0.25, 0.3) is 5.91 Å². The van der Waals surface area contributed by atoms with Crippen molar-refractivity contribution in [2.75, 3.05) is 13.2 Å². The van der Waals surface area contributed by atoms with Gasteiger partial charge in [0.05, 0.1) is 29.6 Å². The van der Waals surface area contributed by atoms with Crippen LogP contribution in [0, 0.1) is 12.7 Å². The van der Waals surface area contributed by atoms with Crippen molar-refractivity contribution < 1.29 is 18.7 Å². The maximum atomic E-state index is 13.6. The number of para-hydroxylation sites is 2. The summed E-state index contributed by atoms with van der Waals surface area (Å²) in [6, 6.07) is 24.9. The number of nitrogens with zero attached hydrogens (tertiary/aromatic N) is 3. The zero-order chi connectivity index (χ0) is 24.9. The second-order valence-corrected chi connectivity index (χ2v) is 8.86. The van der Waals surface area contributed by atoms with E-state index in [0.29, 0.717) is 30.3 Å². The molecule has 1 saturated heterocycles. The molecule has 1 fully saturated rings. The number of benzene rings is 3. The Labute approximate surface area is 209 Å². The molecule has 1 amide bonds. The summed E-state index contributed by atoms with van der Waals surface area (Å²) in [7, 11) is 0. The van der Waals surface area contributed by atoms with E-state index in [-0.39, 0.29) is 24.4 Å². The molecule has 1 aromatic heterocycles. The number of halogens is 1. The van der Waals surface area contributed by atoms with E-state index >= 15 is 0 Å². The van der Waals surface area contributed by atoms with Crippen LogP contribution < -0.4 is 4.74 Å². The second kappa shape index (κ2) is 10.7. The Bertz CT molecular complexity index is 1300. The number of aromatic nitrogens is 2. The van der Waals surface area contributed by atoms with E-state index in [1.54, 1.807) is 9.58 Å². The van der Waals surface area contributed by atoms with Crippen LogP contribution in [0.4, 0.5) is 4.39 Å². The molecule has 184 valence electrons. The third-order valence-corrected chi connectivity index (χ3v) is 6.27. The minimum absolute atomic E-state index is 0.0441. The van der Waals surface area contributed by atoms with Gasteiger partial charge in [-0.3, -0.25) is 4.79 Å². The Morgan fingerprint density at radius 3 is 2.42 bits per heavy atom. The van der Waals surface area contributed by atoms with Crippen LogP contribution in [0.5, 0.6) is 11.6 Å². The Balaban J connectivity index is 1.53. The molecule has 0 unspecified atom stereocenters. The normalized spacial score (nSPS) is 15.1. The van der Waals surface area contributed by atoms with Crippen molar-refractivity contribution in [3.05, 3.63) is 108 Å². The third-order valence-electron chi connectivity index (χ3n) is 6.27. The average molecular weight is 486 g/mol. The number of hydrogen-bond donors (Lipinski definition) is 0. The van der Waals surface area contributed by atoms with Gasteiger partial charge in [-0.1, -0.05) is 36.4 Å². The largest absolute Gasteiger partial charge is 0.439 e. The summed E-state index contributed by atoms with van der Waals surface area (Å²) in [5.41, 5.74) is 2.84. The number of rotatable bonds is 8. The van der Waals surface area contributed by atoms with Gasteiger partial charge in [-0.05, 0) is 68.3 Å². The van der Waals surface area contributed by atoms with Crippen LogP contribution in [0.3, 0.4) is 0 Å². The van der Waals surface area contributed by atoms with E-state index in [9.17, 15) is 9.18 Å². The number of carbonyl (C=O) groups is 1. The van der Waals surface area contributed by atoms with Crippen LogP contribution in [0.2, 0.25) is 0 Å². The Morgan fingerprint density at radius 1 is 1.06 bits per heavy atom. The first-order chi connectivity index (χ1) is 17.6. The summed E-state index contributed by atoms with van der Waals surface area (Å²) >= 11 is 0. The first-order valence-electron chi connectivity index (χ1n) is 12.1. The number of hydrogen-bond acceptors (Lipinski definition) is 4.